The number of rotatable bonds is 5. The third kappa shape index (κ3) is 3.40. The molecule has 6 nitrogen and oxygen atoms in total. The van der Waals surface area contributed by atoms with E-state index < -0.39 is 5.91 Å². The summed E-state index contributed by atoms with van der Waals surface area (Å²) in [6.07, 6.45) is 3.37. The van der Waals surface area contributed by atoms with Crippen molar-refractivity contribution < 1.29 is 4.79 Å². The van der Waals surface area contributed by atoms with Crippen molar-refractivity contribution >= 4 is 28.6 Å². The molecular weight excluding hydrogens is 312 g/mol. The molecule has 0 unspecified atom stereocenters. The van der Waals surface area contributed by atoms with Gasteiger partial charge in [-0.25, -0.2) is 4.98 Å². The van der Waals surface area contributed by atoms with E-state index in [1.807, 2.05) is 18.2 Å². The molecule has 0 fully saturated rings. The lowest BCUT2D eigenvalue weighted by atomic mass is 10.2. The number of pyridine rings is 1. The molecule has 0 saturated heterocycles. The maximum atomic E-state index is 12.8. The van der Waals surface area contributed by atoms with Crippen LogP contribution in [0.15, 0.2) is 58.7 Å². The zero-order chi connectivity index (χ0) is 16.2. The summed E-state index contributed by atoms with van der Waals surface area (Å²) in [4.78, 5) is 32.4. The van der Waals surface area contributed by atoms with Crippen LogP contribution in [0.1, 0.15) is 5.56 Å². The van der Waals surface area contributed by atoms with Gasteiger partial charge in [-0.15, -0.1) is 0 Å². The van der Waals surface area contributed by atoms with E-state index in [2.05, 4.69) is 9.97 Å². The Morgan fingerprint density at radius 3 is 2.78 bits per heavy atom. The standard InChI is InChI=1S/C16H14N4O2S/c17-14(21)10-23-16-19-13-6-2-1-5-12(13)15(22)20(16)9-11-4-3-7-18-8-11/h1-8H,9-10H2,(H2,17,21). The maximum Gasteiger partial charge on any atom is 0.262 e. The molecule has 2 N–H and O–H groups in total. The Bertz CT molecular complexity index is 909. The minimum atomic E-state index is -0.453. The van der Waals surface area contributed by atoms with Crippen LogP contribution in [0, 0.1) is 0 Å². The van der Waals surface area contributed by atoms with Crippen molar-refractivity contribution in [1.82, 2.24) is 14.5 Å². The second kappa shape index (κ2) is 6.62. The number of hydrogen-bond acceptors (Lipinski definition) is 5. The Balaban J connectivity index is 2.11. The van der Waals surface area contributed by atoms with Crippen molar-refractivity contribution in [2.24, 2.45) is 5.73 Å². The molecule has 3 rings (SSSR count). The van der Waals surface area contributed by atoms with Gasteiger partial charge in [-0.05, 0) is 23.8 Å². The summed E-state index contributed by atoms with van der Waals surface area (Å²) in [6, 6.07) is 10.8. The van der Waals surface area contributed by atoms with Gasteiger partial charge in [0, 0.05) is 12.4 Å². The van der Waals surface area contributed by atoms with Crippen LogP contribution in [-0.2, 0) is 11.3 Å². The second-order valence-corrected chi connectivity index (χ2v) is 5.86. The molecule has 0 spiro atoms. The number of carbonyl (C=O) groups excluding carboxylic acids is 1. The van der Waals surface area contributed by atoms with Crippen molar-refractivity contribution in [3.8, 4) is 0 Å². The van der Waals surface area contributed by atoms with Crippen molar-refractivity contribution in [1.29, 1.82) is 0 Å². The SMILES string of the molecule is NC(=O)CSc1nc2ccccc2c(=O)n1Cc1cccnc1. The fourth-order valence-corrected chi connectivity index (χ4v) is 2.94. The van der Waals surface area contributed by atoms with Crippen LogP contribution in [0.5, 0.6) is 0 Å². The van der Waals surface area contributed by atoms with Gasteiger partial charge in [-0.1, -0.05) is 30.0 Å². The number of nitrogens with zero attached hydrogens (tertiary/aromatic N) is 3. The summed E-state index contributed by atoms with van der Waals surface area (Å²) in [7, 11) is 0. The Morgan fingerprint density at radius 2 is 2.04 bits per heavy atom. The predicted molar refractivity (Wildman–Crippen MR) is 89.3 cm³/mol. The highest BCUT2D eigenvalue weighted by Crippen LogP contribution is 2.18. The second-order valence-electron chi connectivity index (χ2n) is 4.92. The van der Waals surface area contributed by atoms with Crippen LogP contribution in [0.4, 0.5) is 0 Å². The fraction of sp³-hybridized carbons (Fsp3) is 0.125. The van der Waals surface area contributed by atoms with Gasteiger partial charge in [0.15, 0.2) is 5.16 Å². The summed E-state index contributed by atoms with van der Waals surface area (Å²) in [5, 5.41) is 1.01. The first kappa shape index (κ1) is 15.2. The van der Waals surface area contributed by atoms with Crippen LogP contribution >= 0.6 is 11.8 Å². The van der Waals surface area contributed by atoms with Gasteiger partial charge in [0.1, 0.15) is 0 Å². The minimum absolute atomic E-state index is 0.0673. The molecule has 0 atom stereocenters. The van der Waals surface area contributed by atoms with Gasteiger partial charge >= 0.3 is 0 Å². The number of amides is 1. The normalized spacial score (nSPS) is 10.8. The summed E-state index contributed by atoms with van der Waals surface area (Å²) >= 11 is 1.16. The Morgan fingerprint density at radius 1 is 1.22 bits per heavy atom. The third-order valence-corrected chi connectivity index (χ3v) is 4.23. The van der Waals surface area contributed by atoms with Crippen LogP contribution in [0.25, 0.3) is 10.9 Å². The smallest absolute Gasteiger partial charge is 0.262 e. The largest absolute Gasteiger partial charge is 0.369 e. The third-order valence-electron chi connectivity index (χ3n) is 3.23. The summed E-state index contributed by atoms with van der Waals surface area (Å²) in [5.74, 6) is -0.386. The highest BCUT2D eigenvalue weighted by atomic mass is 32.2. The lowest BCUT2D eigenvalue weighted by Gasteiger charge is -2.12. The molecule has 7 heteroatoms. The monoisotopic (exact) mass is 326 g/mol. The lowest BCUT2D eigenvalue weighted by molar-refractivity contribution is -0.115. The minimum Gasteiger partial charge on any atom is -0.369 e. The number of carbonyl (C=O) groups is 1. The zero-order valence-corrected chi connectivity index (χ0v) is 13.0. The maximum absolute atomic E-state index is 12.8. The molecule has 2 aromatic heterocycles. The van der Waals surface area contributed by atoms with Gasteiger partial charge in [0.2, 0.25) is 5.91 Å². The number of thioether (sulfide) groups is 1. The van der Waals surface area contributed by atoms with Gasteiger partial charge in [0.25, 0.3) is 5.56 Å². The molecule has 1 amide bonds. The van der Waals surface area contributed by atoms with E-state index in [9.17, 15) is 9.59 Å². The fourth-order valence-electron chi connectivity index (χ4n) is 2.21. The van der Waals surface area contributed by atoms with E-state index in [4.69, 9.17) is 5.73 Å². The Labute approximate surface area is 136 Å². The van der Waals surface area contributed by atoms with Crippen molar-refractivity contribution in [2.75, 3.05) is 5.75 Å². The molecule has 2 heterocycles. The Kier molecular flexibility index (Phi) is 4.38. The van der Waals surface area contributed by atoms with E-state index in [1.54, 1.807) is 35.2 Å². The van der Waals surface area contributed by atoms with Gasteiger partial charge in [0.05, 0.1) is 23.2 Å². The molecular formula is C16H14N4O2S. The first-order chi connectivity index (χ1) is 11.1. The van der Waals surface area contributed by atoms with E-state index >= 15 is 0 Å². The van der Waals surface area contributed by atoms with Crippen LogP contribution in [0.2, 0.25) is 0 Å². The highest BCUT2D eigenvalue weighted by molar-refractivity contribution is 7.99. The van der Waals surface area contributed by atoms with Gasteiger partial charge in [-0.2, -0.15) is 0 Å². The summed E-state index contributed by atoms with van der Waals surface area (Å²) in [5.41, 5.74) is 6.55. The van der Waals surface area contributed by atoms with Crippen LogP contribution < -0.4 is 11.3 Å². The van der Waals surface area contributed by atoms with Gasteiger partial charge < -0.3 is 5.73 Å². The van der Waals surface area contributed by atoms with Crippen LogP contribution in [-0.4, -0.2) is 26.2 Å². The predicted octanol–water partition coefficient (Wildman–Crippen LogP) is 1.42. The Hall–Kier alpha value is -2.67. The molecule has 23 heavy (non-hydrogen) atoms. The first-order valence-electron chi connectivity index (χ1n) is 6.95. The molecule has 0 bridgehead atoms. The first-order valence-corrected chi connectivity index (χ1v) is 7.93. The number of fused-ring (bicyclic) bond motifs is 1. The van der Waals surface area contributed by atoms with E-state index in [0.29, 0.717) is 22.6 Å². The highest BCUT2D eigenvalue weighted by Gasteiger charge is 2.12. The molecule has 0 aliphatic heterocycles. The van der Waals surface area contributed by atoms with Gasteiger partial charge in [-0.3, -0.25) is 19.1 Å². The number of benzene rings is 1. The molecule has 1 aromatic carbocycles. The number of para-hydroxylation sites is 1. The number of primary amides is 1. The van der Waals surface area contributed by atoms with E-state index in [0.717, 1.165) is 17.3 Å². The van der Waals surface area contributed by atoms with E-state index in [1.165, 1.54) is 0 Å². The molecule has 0 aliphatic carbocycles. The lowest BCUT2D eigenvalue weighted by Crippen LogP contribution is -2.25. The molecule has 116 valence electrons. The number of hydrogen-bond donors (Lipinski definition) is 1. The van der Waals surface area contributed by atoms with Crippen molar-refractivity contribution in [3.63, 3.8) is 0 Å². The number of aromatic nitrogens is 3. The topological polar surface area (TPSA) is 90.9 Å². The summed E-state index contributed by atoms with van der Waals surface area (Å²) < 4.78 is 1.55. The quantitative estimate of drug-likeness (QED) is 0.565. The number of nitrogens with two attached hydrogens (primary N) is 1. The van der Waals surface area contributed by atoms with Crippen molar-refractivity contribution in [2.45, 2.75) is 11.7 Å². The molecule has 0 aliphatic rings. The molecule has 0 saturated carbocycles. The molecule has 0 radical (unpaired) electrons. The van der Waals surface area contributed by atoms with Crippen molar-refractivity contribution in [3.05, 3.63) is 64.7 Å². The molecule has 3 aromatic rings. The van der Waals surface area contributed by atoms with Crippen LogP contribution in [0.3, 0.4) is 0 Å². The van der Waals surface area contributed by atoms with E-state index in [-0.39, 0.29) is 11.3 Å². The zero-order valence-electron chi connectivity index (χ0n) is 12.2. The summed E-state index contributed by atoms with van der Waals surface area (Å²) in [6.45, 7) is 0.339. The average Bonchev–Trinajstić information content (AvgIpc) is 2.57. The average molecular weight is 326 g/mol.